The molecule has 3 rings (SSSR count). The Balaban J connectivity index is 1.61. The number of likely N-dealkylation sites (tertiary alicyclic amines) is 1. The van der Waals surface area contributed by atoms with E-state index in [1.54, 1.807) is 7.11 Å². The van der Waals surface area contributed by atoms with Crippen molar-refractivity contribution in [1.29, 1.82) is 0 Å². The van der Waals surface area contributed by atoms with Gasteiger partial charge in [-0.3, -0.25) is 4.79 Å². The minimum atomic E-state index is -0.132. The van der Waals surface area contributed by atoms with Crippen LogP contribution in [0.1, 0.15) is 33.1 Å². The van der Waals surface area contributed by atoms with Crippen molar-refractivity contribution in [1.82, 2.24) is 9.80 Å². The molecule has 0 bridgehead atoms. The summed E-state index contributed by atoms with van der Waals surface area (Å²) in [5.74, 6) is 2.25. The highest BCUT2D eigenvalue weighted by molar-refractivity contribution is 8.00. The van der Waals surface area contributed by atoms with Gasteiger partial charge < -0.3 is 19.9 Å². The third-order valence-corrected chi connectivity index (χ3v) is 6.79. The zero-order chi connectivity index (χ0) is 19.4. The van der Waals surface area contributed by atoms with Crippen molar-refractivity contribution < 1.29 is 14.3 Å². The molecule has 2 heterocycles. The van der Waals surface area contributed by atoms with E-state index in [0.29, 0.717) is 36.9 Å². The van der Waals surface area contributed by atoms with Crippen molar-refractivity contribution in [2.24, 2.45) is 5.92 Å². The first-order chi connectivity index (χ1) is 12.9. The Labute approximate surface area is 165 Å². The Kier molecular flexibility index (Phi) is 6.19. The lowest BCUT2D eigenvalue weighted by Gasteiger charge is -2.44. The lowest BCUT2D eigenvalue weighted by Crippen LogP contribution is -2.54. The zero-order valence-corrected chi connectivity index (χ0v) is 17.2. The van der Waals surface area contributed by atoms with E-state index in [9.17, 15) is 9.59 Å². The molecule has 27 heavy (non-hydrogen) atoms. The number of carbonyl (C=O) groups is 2. The zero-order valence-electron chi connectivity index (χ0n) is 16.4. The van der Waals surface area contributed by atoms with Crippen LogP contribution in [0.3, 0.4) is 0 Å². The van der Waals surface area contributed by atoms with E-state index in [1.165, 1.54) is 0 Å². The Bertz CT molecular complexity index is 687. The number of hydrogen-bond acceptors (Lipinski definition) is 4. The van der Waals surface area contributed by atoms with Crippen LogP contribution in [0.2, 0.25) is 0 Å². The molecule has 0 radical (unpaired) electrons. The maximum absolute atomic E-state index is 12.7. The van der Waals surface area contributed by atoms with Crippen LogP contribution in [0.15, 0.2) is 24.3 Å². The van der Waals surface area contributed by atoms with Crippen LogP contribution in [-0.4, -0.2) is 59.1 Å². The second-order valence-corrected chi connectivity index (χ2v) is 9.01. The van der Waals surface area contributed by atoms with Gasteiger partial charge >= 0.3 is 6.03 Å². The van der Waals surface area contributed by atoms with Crippen LogP contribution < -0.4 is 10.1 Å². The molecule has 148 valence electrons. The normalized spacial score (nSPS) is 18.8. The number of urea groups is 1. The predicted octanol–water partition coefficient (Wildman–Crippen LogP) is 3.64. The lowest BCUT2D eigenvalue weighted by molar-refractivity contribution is -0.135. The number of thioether (sulfide) groups is 1. The maximum Gasteiger partial charge on any atom is 0.321 e. The quantitative estimate of drug-likeness (QED) is 0.851. The van der Waals surface area contributed by atoms with Crippen molar-refractivity contribution in [2.75, 3.05) is 37.8 Å². The van der Waals surface area contributed by atoms with Crippen LogP contribution in [0.4, 0.5) is 10.5 Å². The van der Waals surface area contributed by atoms with Crippen molar-refractivity contribution in [3.63, 3.8) is 0 Å². The van der Waals surface area contributed by atoms with E-state index in [2.05, 4.69) is 24.1 Å². The number of amides is 3. The highest BCUT2D eigenvalue weighted by atomic mass is 32.2. The SMILES string of the molecule is COc1ccccc1NC(=O)N1CCC2(CC1)SCCN2C(=O)CC(C)C. The van der Waals surface area contributed by atoms with Gasteiger partial charge in [0, 0.05) is 31.8 Å². The smallest absolute Gasteiger partial charge is 0.321 e. The summed E-state index contributed by atoms with van der Waals surface area (Å²) in [6, 6.07) is 7.29. The molecule has 2 fully saturated rings. The van der Waals surface area contributed by atoms with Gasteiger partial charge in [-0.25, -0.2) is 4.79 Å². The fourth-order valence-corrected chi connectivity index (χ4v) is 5.31. The standard InChI is InChI=1S/C20H29N3O3S/c1-15(2)14-18(24)23-12-13-27-20(23)8-10-22(11-9-20)19(25)21-16-6-4-5-7-17(16)26-3/h4-7,15H,8-14H2,1-3H3,(H,21,25). The Morgan fingerprint density at radius 1 is 1.22 bits per heavy atom. The Morgan fingerprint density at radius 2 is 1.93 bits per heavy atom. The van der Waals surface area contributed by atoms with Gasteiger partial charge in [0.2, 0.25) is 5.91 Å². The number of rotatable bonds is 4. The number of anilines is 1. The number of nitrogens with one attached hydrogen (secondary N) is 1. The van der Waals surface area contributed by atoms with Crippen LogP contribution >= 0.6 is 11.8 Å². The van der Waals surface area contributed by atoms with Gasteiger partial charge in [-0.05, 0) is 30.9 Å². The molecule has 1 N–H and O–H groups in total. The number of piperidine rings is 1. The molecule has 0 saturated carbocycles. The van der Waals surface area contributed by atoms with Crippen LogP contribution in [0, 0.1) is 5.92 Å². The molecule has 7 heteroatoms. The molecule has 0 unspecified atom stereocenters. The third-order valence-electron chi connectivity index (χ3n) is 5.24. The summed E-state index contributed by atoms with van der Waals surface area (Å²) >= 11 is 1.88. The van der Waals surface area contributed by atoms with Crippen molar-refractivity contribution in [2.45, 2.75) is 38.0 Å². The van der Waals surface area contributed by atoms with Gasteiger partial charge in [0.25, 0.3) is 0 Å². The number of para-hydroxylation sites is 2. The van der Waals surface area contributed by atoms with Gasteiger partial charge in [-0.2, -0.15) is 0 Å². The summed E-state index contributed by atoms with van der Waals surface area (Å²) in [5.41, 5.74) is 0.675. The number of carbonyl (C=O) groups excluding carboxylic acids is 2. The van der Waals surface area contributed by atoms with Crippen LogP contribution in [0.25, 0.3) is 0 Å². The van der Waals surface area contributed by atoms with E-state index in [0.717, 1.165) is 25.1 Å². The minimum Gasteiger partial charge on any atom is -0.495 e. The summed E-state index contributed by atoms with van der Waals surface area (Å²) in [6.07, 6.45) is 2.24. The molecule has 0 aromatic heterocycles. The number of nitrogens with zero attached hydrogens (tertiary/aromatic N) is 2. The topological polar surface area (TPSA) is 61.9 Å². The third kappa shape index (κ3) is 4.34. The first kappa shape index (κ1) is 19.9. The fourth-order valence-electron chi connectivity index (χ4n) is 3.84. The minimum absolute atomic E-state index is 0.114. The maximum atomic E-state index is 12.7. The van der Waals surface area contributed by atoms with Crippen molar-refractivity contribution in [3.05, 3.63) is 24.3 Å². The molecule has 2 aliphatic rings. The van der Waals surface area contributed by atoms with E-state index < -0.39 is 0 Å². The van der Waals surface area contributed by atoms with Crippen molar-refractivity contribution in [3.8, 4) is 5.75 Å². The van der Waals surface area contributed by atoms with E-state index >= 15 is 0 Å². The molecule has 2 saturated heterocycles. The molecule has 1 spiro atoms. The predicted molar refractivity (Wildman–Crippen MR) is 109 cm³/mol. The first-order valence-electron chi connectivity index (χ1n) is 9.58. The van der Waals surface area contributed by atoms with E-state index in [1.807, 2.05) is 40.9 Å². The number of ether oxygens (including phenoxy) is 1. The first-order valence-corrected chi connectivity index (χ1v) is 10.6. The largest absolute Gasteiger partial charge is 0.495 e. The fraction of sp³-hybridized carbons (Fsp3) is 0.600. The molecule has 6 nitrogen and oxygen atoms in total. The average Bonchev–Trinajstić information content (AvgIpc) is 3.05. The lowest BCUT2D eigenvalue weighted by atomic mass is 10.0. The summed E-state index contributed by atoms with van der Waals surface area (Å²) < 4.78 is 5.30. The molecule has 1 aromatic carbocycles. The molecule has 2 aliphatic heterocycles. The second-order valence-electron chi connectivity index (χ2n) is 7.56. The van der Waals surface area contributed by atoms with E-state index in [-0.39, 0.29) is 16.8 Å². The molecule has 0 aliphatic carbocycles. The van der Waals surface area contributed by atoms with E-state index in [4.69, 9.17) is 4.74 Å². The van der Waals surface area contributed by atoms with Gasteiger partial charge in [0.1, 0.15) is 5.75 Å². The summed E-state index contributed by atoms with van der Waals surface area (Å²) in [7, 11) is 1.59. The monoisotopic (exact) mass is 391 g/mol. The summed E-state index contributed by atoms with van der Waals surface area (Å²) in [6.45, 7) is 6.29. The highest BCUT2D eigenvalue weighted by Gasteiger charge is 2.46. The van der Waals surface area contributed by atoms with Gasteiger partial charge in [-0.15, -0.1) is 11.8 Å². The molecule has 1 aromatic rings. The summed E-state index contributed by atoms with van der Waals surface area (Å²) in [5, 5.41) is 2.94. The molecule has 0 atom stereocenters. The highest BCUT2D eigenvalue weighted by Crippen LogP contribution is 2.44. The van der Waals surface area contributed by atoms with Crippen LogP contribution in [0.5, 0.6) is 5.75 Å². The summed E-state index contributed by atoms with van der Waals surface area (Å²) in [4.78, 5) is 29.1. The van der Waals surface area contributed by atoms with Gasteiger partial charge in [0.15, 0.2) is 0 Å². The molecular weight excluding hydrogens is 362 g/mol. The van der Waals surface area contributed by atoms with Gasteiger partial charge in [0.05, 0.1) is 17.7 Å². The van der Waals surface area contributed by atoms with Crippen LogP contribution in [-0.2, 0) is 4.79 Å². The number of methoxy groups -OCH3 is 1. The number of hydrogen-bond donors (Lipinski definition) is 1. The average molecular weight is 392 g/mol. The molecular formula is C20H29N3O3S. The molecule has 3 amide bonds. The Morgan fingerprint density at radius 3 is 2.59 bits per heavy atom. The Hall–Kier alpha value is -1.89. The van der Waals surface area contributed by atoms with Gasteiger partial charge in [-0.1, -0.05) is 26.0 Å². The number of benzene rings is 1. The van der Waals surface area contributed by atoms with Crippen molar-refractivity contribution >= 4 is 29.4 Å². The second kappa shape index (κ2) is 8.42.